The molecule has 6 heteroatoms. The van der Waals surface area contributed by atoms with Crippen LogP contribution < -0.4 is 10.6 Å². The monoisotopic (exact) mass is 244 g/mol. The fourth-order valence-electron chi connectivity index (χ4n) is 1.29. The molecule has 1 atom stereocenters. The van der Waals surface area contributed by atoms with Crippen LogP contribution in [0.1, 0.15) is 39.0 Å². The number of unbranched alkanes of at least 4 members (excludes halogenated alkanes) is 1. The molecule has 2 amide bonds. The number of Topliss-reactive ketones (excluding diaryl/α,β-unsaturated/α-hetero) is 1. The Balaban J connectivity index is 4.05. The van der Waals surface area contributed by atoms with E-state index in [9.17, 15) is 14.4 Å². The van der Waals surface area contributed by atoms with Gasteiger partial charge in [-0.25, -0.2) is 9.59 Å². The minimum Gasteiger partial charge on any atom is -0.480 e. The maximum atomic E-state index is 11.4. The average molecular weight is 244 g/mol. The van der Waals surface area contributed by atoms with Gasteiger partial charge in [-0.15, -0.1) is 0 Å². The molecule has 3 N–H and O–H groups in total. The first-order valence-electron chi connectivity index (χ1n) is 5.74. The number of rotatable bonds is 8. The van der Waals surface area contributed by atoms with Crippen LogP contribution in [0.15, 0.2) is 0 Å². The number of carboxylic acid groups (broad SMARTS) is 1. The molecule has 0 spiro atoms. The lowest BCUT2D eigenvalue weighted by Gasteiger charge is -2.13. The van der Waals surface area contributed by atoms with Crippen molar-refractivity contribution < 1.29 is 19.5 Å². The lowest BCUT2D eigenvalue weighted by atomic mass is 10.1. The molecule has 1 unspecified atom stereocenters. The van der Waals surface area contributed by atoms with Gasteiger partial charge in [0.25, 0.3) is 0 Å². The summed E-state index contributed by atoms with van der Waals surface area (Å²) in [7, 11) is 1.40. The molecule has 0 aromatic carbocycles. The Hall–Kier alpha value is -1.59. The Kier molecular flexibility index (Phi) is 7.75. The molecular weight excluding hydrogens is 224 g/mol. The summed E-state index contributed by atoms with van der Waals surface area (Å²) in [6.45, 7) is 1.99. The van der Waals surface area contributed by atoms with Crippen LogP contribution >= 0.6 is 0 Å². The van der Waals surface area contributed by atoms with E-state index in [0.29, 0.717) is 6.42 Å². The van der Waals surface area contributed by atoms with Gasteiger partial charge in [0.05, 0.1) is 0 Å². The van der Waals surface area contributed by atoms with Crippen LogP contribution in [0.4, 0.5) is 4.79 Å². The summed E-state index contributed by atoms with van der Waals surface area (Å²) < 4.78 is 0. The number of ketones is 1. The van der Waals surface area contributed by atoms with Gasteiger partial charge >= 0.3 is 12.0 Å². The highest BCUT2D eigenvalue weighted by Crippen LogP contribution is 2.04. The summed E-state index contributed by atoms with van der Waals surface area (Å²) in [5, 5.41) is 13.4. The number of nitrogens with one attached hydrogen (secondary N) is 2. The van der Waals surface area contributed by atoms with Crippen molar-refractivity contribution in [3.63, 3.8) is 0 Å². The van der Waals surface area contributed by atoms with E-state index in [2.05, 4.69) is 10.6 Å². The minimum absolute atomic E-state index is 0.0387. The summed E-state index contributed by atoms with van der Waals surface area (Å²) in [5.41, 5.74) is 0. The van der Waals surface area contributed by atoms with Crippen molar-refractivity contribution in [3.8, 4) is 0 Å². The van der Waals surface area contributed by atoms with Crippen LogP contribution in [0, 0.1) is 0 Å². The molecule has 0 aliphatic carbocycles. The largest absolute Gasteiger partial charge is 0.480 e. The number of carbonyl (C=O) groups is 3. The topological polar surface area (TPSA) is 95.5 Å². The molecule has 0 aromatic heterocycles. The van der Waals surface area contributed by atoms with Crippen molar-refractivity contribution >= 4 is 17.8 Å². The van der Waals surface area contributed by atoms with E-state index in [-0.39, 0.29) is 18.6 Å². The van der Waals surface area contributed by atoms with Gasteiger partial charge in [0.2, 0.25) is 0 Å². The van der Waals surface area contributed by atoms with E-state index in [1.165, 1.54) is 7.05 Å². The second-order valence-electron chi connectivity index (χ2n) is 3.80. The third-order valence-corrected chi connectivity index (χ3v) is 2.35. The zero-order valence-electron chi connectivity index (χ0n) is 10.3. The van der Waals surface area contributed by atoms with Crippen LogP contribution in [0.5, 0.6) is 0 Å². The van der Waals surface area contributed by atoms with Crippen LogP contribution in [-0.2, 0) is 9.59 Å². The van der Waals surface area contributed by atoms with Crippen molar-refractivity contribution in [1.29, 1.82) is 0 Å². The zero-order chi connectivity index (χ0) is 13.3. The van der Waals surface area contributed by atoms with Gasteiger partial charge in [-0.2, -0.15) is 0 Å². The molecule has 0 aliphatic rings. The molecule has 0 heterocycles. The number of urea groups is 1. The van der Waals surface area contributed by atoms with Crippen molar-refractivity contribution in [2.45, 2.75) is 45.1 Å². The highest BCUT2D eigenvalue weighted by Gasteiger charge is 2.20. The third kappa shape index (κ3) is 7.32. The van der Waals surface area contributed by atoms with Gasteiger partial charge in [0.1, 0.15) is 11.8 Å². The maximum absolute atomic E-state index is 11.4. The molecule has 6 nitrogen and oxygen atoms in total. The minimum atomic E-state index is -1.13. The number of hydrogen-bond donors (Lipinski definition) is 3. The molecule has 0 saturated carbocycles. The lowest BCUT2D eigenvalue weighted by molar-refractivity contribution is -0.139. The van der Waals surface area contributed by atoms with Crippen molar-refractivity contribution in [2.75, 3.05) is 7.05 Å². The highest BCUT2D eigenvalue weighted by molar-refractivity contribution is 5.83. The molecule has 98 valence electrons. The standard InChI is InChI=1S/C11H20N2O4/c1-3-4-5-8(14)6-7-9(10(15)16)13-11(17)12-2/h9H,3-7H2,1-2H3,(H,15,16)(H2,12,13,17). The van der Waals surface area contributed by atoms with Crippen LogP contribution in [0.3, 0.4) is 0 Å². The van der Waals surface area contributed by atoms with Gasteiger partial charge < -0.3 is 15.7 Å². The fourth-order valence-corrected chi connectivity index (χ4v) is 1.29. The molecule has 0 radical (unpaired) electrons. The van der Waals surface area contributed by atoms with E-state index in [4.69, 9.17) is 5.11 Å². The second kappa shape index (κ2) is 8.55. The first-order valence-corrected chi connectivity index (χ1v) is 5.74. The third-order valence-electron chi connectivity index (χ3n) is 2.35. The predicted molar refractivity (Wildman–Crippen MR) is 62.8 cm³/mol. The fraction of sp³-hybridized carbons (Fsp3) is 0.727. The first-order chi connectivity index (χ1) is 8.01. The van der Waals surface area contributed by atoms with Crippen molar-refractivity contribution in [2.24, 2.45) is 0 Å². The average Bonchev–Trinajstić information content (AvgIpc) is 2.30. The van der Waals surface area contributed by atoms with Crippen molar-refractivity contribution in [1.82, 2.24) is 10.6 Å². The van der Waals surface area contributed by atoms with E-state index in [1.807, 2.05) is 6.92 Å². The van der Waals surface area contributed by atoms with E-state index < -0.39 is 18.0 Å². The Labute approximate surface area is 101 Å². The van der Waals surface area contributed by atoms with E-state index in [1.54, 1.807) is 0 Å². The van der Waals surface area contributed by atoms with Gasteiger partial charge in [-0.1, -0.05) is 13.3 Å². The van der Waals surface area contributed by atoms with Gasteiger partial charge in [0, 0.05) is 19.9 Å². The summed E-state index contributed by atoms with van der Waals surface area (Å²) >= 11 is 0. The van der Waals surface area contributed by atoms with Gasteiger partial charge in [0.15, 0.2) is 0 Å². The molecule has 0 bridgehead atoms. The quantitative estimate of drug-likeness (QED) is 0.591. The molecular formula is C11H20N2O4. The molecule has 17 heavy (non-hydrogen) atoms. The molecule has 0 aromatic rings. The molecule has 0 aliphatic heterocycles. The SMILES string of the molecule is CCCCC(=O)CCC(NC(=O)NC)C(=O)O. The summed E-state index contributed by atoms with van der Waals surface area (Å²) in [6.07, 6.45) is 2.54. The summed E-state index contributed by atoms with van der Waals surface area (Å²) in [5.74, 6) is -1.09. The van der Waals surface area contributed by atoms with Crippen LogP contribution in [-0.4, -0.2) is 36.0 Å². The van der Waals surface area contributed by atoms with Crippen LogP contribution in [0.25, 0.3) is 0 Å². The summed E-state index contributed by atoms with van der Waals surface area (Å²) in [6, 6.07) is -1.57. The number of carboxylic acids is 1. The highest BCUT2D eigenvalue weighted by atomic mass is 16.4. The number of hydrogen-bond acceptors (Lipinski definition) is 3. The first kappa shape index (κ1) is 15.4. The molecule has 0 rings (SSSR count). The Morgan fingerprint density at radius 2 is 1.88 bits per heavy atom. The zero-order valence-corrected chi connectivity index (χ0v) is 10.3. The summed E-state index contributed by atoms with van der Waals surface area (Å²) in [4.78, 5) is 33.2. The second-order valence-corrected chi connectivity index (χ2v) is 3.80. The Morgan fingerprint density at radius 1 is 1.24 bits per heavy atom. The maximum Gasteiger partial charge on any atom is 0.326 e. The van der Waals surface area contributed by atoms with Gasteiger partial charge in [-0.05, 0) is 12.8 Å². The Bertz CT molecular complexity index is 279. The van der Waals surface area contributed by atoms with Gasteiger partial charge in [-0.3, -0.25) is 4.79 Å². The lowest BCUT2D eigenvalue weighted by Crippen LogP contribution is -2.45. The van der Waals surface area contributed by atoms with E-state index >= 15 is 0 Å². The number of carbonyl (C=O) groups excluding carboxylic acids is 2. The van der Waals surface area contributed by atoms with Crippen LogP contribution in [0.2, 0.25) is 0 Å². The molecule has 0 fully saturated rings. The number of amides is 2. The predicted octanol–water partition coefficient (Wildman–Crippen LogP) is 0.908. The smallest absolute Gasteiger partial charge is 0.326 e. The number of aliphatic carboxylic acids is 1. The Morgan fingerprint density at radius 3 is 2.35 bits per heavy atom. The molecule has 0 saturated heterocycles. The normalized spacial score (nSPS) is 11.6. The van der Waals surface area contributed by atoms with Crippen molar-refractivity contribution in [3.05, 3.63) is 0 Å². The van der Waals surface area contributed by atoms with E-state index in [0.717, 1.165) is 12.8 Å².